The quantitative estimate of drug-likeness (QED) is 0.642. The predicted molar refractivity (Wildman–Crippen MR) is 112 cm³/mol. The molecule has 0 saturated heterocycles. The number of para-hydroxylation sites is 1. The van der Waals surface area contributed by atoms with Gasteiger partial charge in [0, 0.05) is 28.8 Å². The number of fused-ring (bicyclic) bond motifs is 1. The number of phenols is 1. The Morgan fingerprint density at radius 2 is 1.76 bits per heavy atom. The molecule has 2 unspecified atom stereocenters. The summed E-state index contributed by atoms with van der Waals surface area (Å²) < 4.78 is 11.0. The second-order valence-corrected chi connectivity index (χ2v) is 7.52. The van der Waals surface area contributed by atoms with E-state index in [1.807, 2.05) is 60.7 Å². The number of rotatable bonds is 3. The summed E-state index contributed by atoms with van der Waals surface area (Å²) in [4.78, 5) is 4.97. The first-order valence-electron chi connectivity index (χ1n) is 9.43. The molecule has 2 N–H and O–H groups in total. The van der Waals surface area contributed by atoms with Gasteiger partial charge in [0.25, 0.3) is 0 Å². The van der Waals surface area contributed by atoms with Crippen LogP contribution < -0.4 is 14.8 Å². The Morgan fingerprint density at radius 3 is 2.59 bits per heavy atom. The van der Waals surface area contributed by atoms with E-state index >= 15 is 0 Å². The van der Waals surface area contributed by atoms with E-state index in [-0.39, 0.29) is 24.8 Å². The first-order valence-corrected chi connectivity index (χ1v) is 9.81. The molecule has 5 rings (SSSR count). The molecule has 3 aromatic carbocycles. The van der Waals surface area contributed by atoms with Crippen LogP contribution in [0.4, 0.5) is 0 Å². The number of aromatic hydroxyl groups is 1. The summed E-state index contributed by atoms with van der Waals surface area (Å²) in [5.41, 5.74) is 3.78. The van der Waals surface area contributed by atoms with Crippen LogP contribution in [0, 0.1) is 0 Å². The van der Waals surface area contributed by atoms with Gasteiger partial charge in [-0.1, -0.05) is 41.9 Å². The van der Waals surface area contributed by atoms with Gasteiger partial charge in [0.15, 0.2) is 11.5 Å². The van der Waals surface area contributed by atoms with E-state index in [2.05, 4.69) is 5.32 Å². The van der Waals surface area contributed by atoms with E-state index in [0.29, 0.717) is 11.4 Å². The van der Waals surface area contributed by atoms with Crippen molar-refractivity contribution in [2.45, 2.75) is 18.6 Å². The number of hydrogen-bond acceptors (Lipinski definition) is 5. The molecular formula is C23H19ClN2O3. The minimum Gasteiger partial charge on any atom is -0.508 e. The Balaban J connectivity index is 1.56. The summed E-state index contributed by atoms with van der Waals surface area (Å²) in [6.07, 6.45) is 0.382. The van der Waals surface area contributed by atoms with Crippen LogP contribution in [0.5, 0.6) is 17.2 Å². The number of benzene rings is 3. The second-order valence-electron chi connectivity index (χ2n) is 7.08. The van der Waals surface area contributed by atoms with Crippen molar-refractivity contribution in [3.8, 4) is 17.2 Å². The van der Waals surface area contributed by atoms with Gasteiger partial charge in [0.2, 0.25) is 6.79 Å². The normalized spacial score (nSPS) is 20.4. The van der Waals surface area contributed by atoms with Crippen molar-refractivity contribution < 1.29 is 14.6 Å². The molecule has 2 atom stereocenters. The molecule has 3 aromatic rings. The second kappa shape index (κ2) is 7.43. The zero-order valence-electron chi connectivity index (χ0n) is 15.5. The third kappa shape index (κ3) is 3.55. The Bertz CT molecular complexity index is 1080. The molecule has 0 fully saturated rings. The highest BCUT2D eigenvalue weighted by molar-refractivity contribution is 6.30. The Morgan fingerprint density at radius 1 is 0.966 bits per heavy atom. The lowest BCUT2D eigenvalue weighted by molar-refractivity contribution is 0.174. The van der Waals surface area contributed by atoms with Crippen LogP contribution in [0.2, 0.25) is 5.02 Å². The molecule has 6 heteroatoms. The highest BCUT2D eigenvalue weighted by Gasteiger charge is 2.28. The minimum absolute atomic E-state index is 0.0881. The zero-order valence-corrected chi connectivity index (χ0v) is 16.3. The molecule has 0 amide bonds. The van der Waals surface area contributed by atoms with Gasteiger partial charge in [-0.25, -0.2) is 0 Å². The fraction of sp³-hybridized carbons (Fsp3) is 0.174. The lowest BCUT2D eigenvalue weighted by Crippen LogP contribution is -2.33. The van der Waals surface area contributed by atoms with Crippen molar-refractivity contribution in [1.82, 2.24) is 5.32 Å². The molecule has 2 aliphatic rings. The number of nitrogens with one attached hydrogen (secondary N) is 1. The lowest BCUT2D eigenvalue weighted by atomic mass is 9.93. The molecule has 2 heterocycles. The van der Waals surface area contributed by atoms with Crippen molar-refractivity contribution in [2.75, 3.05) is 6.79 Å². The molecule has 5 nitrogen and oxygen atoms in total. The maximum Gasteiger partial charge on any atom is 0.231 e. The van der Waals surface area contributed by atoms with Gasteiger partial charge in [-0.15, -0.1) is 0 Å². The smallest absolute Gasteiger partial charge is 0.231 e. The Kier molecular flexibility index (Phi) is 4.62. The first kappa shape index (κ1) is 18.0. The Labute approximate surface area is 173 Å². The van der Waals surface area contributed by atoms with E-state index in [4.69, 9.17) is 26.1 Å². The molecule has 2 aliphatic heterocycles. The molecule has 0 spiro atoms. The van der Waals surface area contributed by atoms with Gasteiger partial charge in [-0.2, -0.15) is 0 Å². The summed E-state index contributed by atoms with van der Waals surface area (Å²) in [5.74, 6) is 1.74. The van der Waals surface area contributed by atoms with Crippen molar-refractivity contribution in [3.63, 3.8) is 0 Å². The van der Waals surface area contributed by atoms with E-state index < -0.39 is 0 Å². The molecule has 0 radical (unpaired) electrons. The minimum atomic E-state index is -0.258. The van der Waals surface area contributed by atoms with Gasteiger partial charge in [0.1, 0.15) is 11.9 Å². The van der Waals surface area contributed by atoms with Gasteiger partial charge in [-0.3, -0.25) is 10.3 Å². The number of halogens is 1. The maximum atomic E-state index is 10.4. The van der Waals surface area contributed by atoms with Crippen molar-refractivity contribution in [3.05, 3.63) is 88.4 Å². The number of hydrogen-bond donors (Lipinski definition) is 2. The van der Waals surface area contributed by atoms with Crippen molar-refractivity contribution in [1.29, 1.82) is 0 Å². The first-order chi connectivity index (χ1) is 14.2. The summed E-state index contributed by atoms with van der Waals surface area (Å²) >= 11 is 6.06. The Hall–Kier alpha value is -3.02. The number of aliphatic imine (C=N–C) groups is 1. The van der Waals surface area contributed by atoms with Crippen molar-refractivity contribution >= 4 is 17.3 Å². The lowest BCUT2D eigenvalue weighted by Gasteiger charge is -2.31. The topological polar surface area (TPSA) is 63.1 Å². The summed E-state index contributed by atoms with van der Waals surface area (Å²) in [5, 5.41) is 14.6. The van der Waals surface area contributed by atoms with Gasteiger partial charge < -0.3 is 14.6 Å². The molecule has 0 saturated carbocycles. The summed E-state index contributed by atoms with van der Waals surface area (Å²) in [6.45, 7) is 0.237. The van der Waals surface area contributed by atoms with Crippen LogP contribution in [0.25, 0.3) is 0 Å². The van der Waals surface area contributed by atoms with Crippen LogP contribution in [0.15, 0.2) is 71.7 Å². The predicted octanol–water partition coefficient (Wildman–Crippen LogP) is 5.00. The standard InChI is InChI=1S/C23H19ClN2O3/c24-16-8-5-14(6-9-16)23-25-18(15-7-10-21-22(11-15)29-13-28-21)12-19(26-23)17-3-1-2-4-20(17)27/h1-11,19,23,26-27H,12-13H2. The fourth-order valence-electron chi connectivity index (χ4n) is 3.75. The summed E-state index contributed by atoms with van der Waals surface area (Å²) in [6, 6.07) is 20.8. The van der Waals surface area contributed by atoms with Crippen LogP contribution in [0.1, 0.15) is 35.3 Å². The van der Waals surface area contributed by atoms with Crippen LogP contribution in [0.3, 0.4) is 0 Å². The third-order valence-electron chi connectivity index (χ3n) is 5.25. The number of phenolic OH excluding ortho intramolecular Hbond substituents is 1. The molecule has 0 aromatic heterocycles. The molecule has 29 heavy (non-hydrogen) atoms. The SMILES string of the molecule is Oc1ccccc1C1CC(c2ccc3c(c2)OCO3)=NC(c2ccc(Cl)cc2)N1. The summed E-state index contributed by atoms with van der Waals surface area (Å²) in [7, 11) is 0. The largest absolute Gasteiger partial charge is 0.508 e. The third-order valence-corrected chi connectivity index (χ3v) is 5.50. The monoisotopic (exact) mass is 406 g/mol. The number of nitrogens with zero attached hydrogens (tertiary/aromatic N) is 1. The van der Waals surface area contributed by atoms with E-state index in [0.717, 1.165) is 33.9 Å². The van der Waals surface area contributed by atoms with Gasteiger partial charge >= 0.3 is 0 Å². The van der Waals surface area contributed by atoms with E-state index in [1.54, 1.807) is 6.07 Å². The van der Waals surface area contributed by atoms with Crippen LogP contribution >= 0.6 is 11.6 Å². The van der Waals surface area contributed by atoms with Gasteiger partial charge in [-0.05, 0) is 47.5 Å². The molecule has 0 bridgehead atoms. The zero-order chi connectivity index (χ0) is 19.8. The van der Waals surface area contributed by atoms with Crippen LogP contribution in [-0.4, -0.2) is 17.6 Å². The average molecular weight is 407 g/mol. The average Bonchev–Trinajstić information content (AvgIpc) is 3.22. The molecular weight excluding hydrogens is 388 g/mol. The van der Waals surface area contributed by atoms with Crippen molar-refractivity contribution in [2.24, 2.45) is 4.99 Å². The highest BCUT2D eigenvalue weighted by atomic mass is 35.5. The highest BCUT2D eigenvalue weighted by Crippen LogP contribution is 2.37. The van der Waals surface area contributed by atoms with Crippen LogP contribution in [-0.2, 0) is 0 Å². The number of ether oxygens (including phenoxy) is 2. The molecule has 146 valence electrons. The fourth-order valence-corrected chi connectivity index (χ4v) is 3.88. The van der Waals surface area contributed by atoms with E-state index in [1.165, 1.54) is 0 Å². The van der Waals surface area contributed by atoms with E-state index in [9.17, 15) is 5.11 Å². The maximum absolute atomic E-state index is 10.4. The molecule has 0 aliphatic carbocycles. The van der Waals surface area contributed by atoms with Gasteiger partial charge in [0.05, 0.1) is 0 Å².